The molecule has 0 amide bonds. The van der Waals surface area contributed by atoms with Crippen LogP contribution in [-0.2, 0) is 0 Å². The van der Waals surface area contributed by atoms with Gasteiger partial charge >= 0.3 is 5.95 Å². The van der Waals surface area contributed by atoms with E-state index in [9.17, 15) is 0 Å². The first-order chi connectivity index (χ1) is 6.18. The van der Waals surface area contributed by atoms with Crippen molar-refractivity contribution in [3.05, 3.63) is 6.33 Å². The van der Waals surface area contributed by atoms with Crippen LogP contribution in [0.3, 0.4) is 0 Å². The fraction of sp³-hybridized carbons (Fsp3) is 0.286. The summed E-state index contributed by atoms with van der Waals surface area (Å²) in [6.45, 7) is 0. The number of nitrogens with zero attached hydrogens (tertiary/aromatic N) is 3. The zero-order valence-electron chi connectivity index (χ0n) is 7.50. The van der Waals surface area contributed by atoms with Gasteiger partial charge in [-0.15, -0.1) is 0 Å². The van der Waals surface area contributed by atoms with Gasteiger partial charge in [-0.3, -0.25) is 0 Å². The molecule has 0 aliphatic rings. The van der Waals surface area contributed by atoms with E-state index in [2.05, 4.69) is 19.9 Å². The van der Waals surface area contributed by atoms with Crippen molar-refractivity contribution in [2.75, 3.05) is 24.7 Å². The van der Waals surface area contributed by atoms with E-state index in [-0.39, 0.29) is 0 Å². The summed E-state index contributed by atoms with van der Waals surface area (Å²) in [7, 11) is 3.84. The normalized spacial score (nSPS) is 10.6. The number of H-pyrrole nitrogens is 2. The summed E-state index contributed by atoms with van der Waals surface area (Å²) >= 11 is 0. The van der Waals surface area contributed by atoms with Gasteiger partial charge in [0.2, 0.25) is 11.5 Å². The predicted octanol–water partition coefficient (Wildman–Crippen LogP) is -0.580. The van der Waals surface area contributed by atoms with Gasteiger partial charge in [0.05, 0.1) is 6.33 Å². The smallest absolute Gasteiger partial charge is 0.337 e. The van der Waals surface area contributed by atoms with Gasteiger partial charge < -0.3 is 15.6 Å². The van der Waals surface area contributed by atoms with Crippen LogP contribution in [-0.4, -0.2) is 29.0 Å². The number of nitrogens with two attached hydrogens (primary N) is 1. The molecule has 2 heterocycles. The Labute approximate surface area is 74.8 Å². The Balaban J connectivity index is 2.77. The molecule has 6 nitrogen and oxygen atoms in total. The molecule has 2 aromatic rings. The lowest BCUT2D eigenvalue weighted by molar-refractivity contribution is -0.348. The van der Waals surface area contributed by atoms with Gasteiger partial charge in [0.15, 0.2) is 5.52 Å². The molecule has 0 atom stereocenters. The van der Waals surface area contributed by atoms with Crippen molar-refractivity contribution in [2.24, 2.45) is 0 Å². The van der Waals surface area contributed by atoms with E-state index in [1.807, 2.05) is 19.0 Å². The van der Waals surface area contributed by atoms with Crippen LogP contribution in [0.5, 0.6) is 0 Å². The van der Waals surface area contributed by atoms with E-state index >= 15 is 0 Å². The van der Waals surface area contributed by atoms with Crippen molar-refractivity contribution in [3.8, 4) is 0 Å². The minimum absolute atomic E-state index is 0.364. The third-order valence-corrected chi connectivity index (χ3v) is 1.78. The van der Waals surface area contributed by atoms with Gasteiger partial charge in [-0.2, -0.15) is 0 Å². The van der Waals surface area contributed by atoms with Crippen LogP contribution in [0, 0.1) is 0 Å². The SMILES string of the molecule is CN(C)c1[nH+]c(N)nc2nc[nH]c12. The Bertz CT molecular complexity index is 431. The van der Waals surface area contributed by atoms with Crippen LogP contribution < -0.4 is 15.6 Å². The molecule has 0 saturated heterocycles. The number of fused-ring (bicyclic) bond motifs is 1. The van der Waals surface area contributed by atoms with Crippen LogP contribution in [0.1, 0.15) is 0 Å². The topological polar surface area (TPSA) is 85.0 Å². The second-order valence-corrected chi connectivity index (χ2v) is 2.97. The third kappa shape index (κ3) is 1.16. The first-order valence-corrected chi connectivity index (χ1v) is 3.87. The summed E-state index contributed by atoms with van der Waals surface area (Å²) in [5.74, 6) is 1.24. The zero-order chi connectivity index (χ0) is 9.42. The van der Waals surface area contributed by atoms with Crippen LogP contribution in [0.4, 0.5) is 11.8 Å². The van der Waals surface area contributed by atoms with Gasteiger partial charge in [-0.1, -0.05) is 4.98 Å². The lowest BCUT2D eigenvalue weighted by Crippen LogP contribution is -2.24. The summed E-state index contributed by atoms with van der Waals surface area (Å²) in [5.41, 5.74) is 7.06. The quantitative estimate of drug-likeness (QED) is 0.613. The average Bonchev–Trinajstić information content (AvgIpc) is 2.49. The van der Waals surface area contributed by atoms with E-state index in [4.69, 9.17) is 5.73 Å². The monoisotopic (exact) mass is 179 g/mol. The largest absolute Gasteiger partial charge is 0.344 e. The van der Waals surface area contributed by atoms with Crippen molar-refractivity contribution in [1.29, 1.82) is 0 Å². The van der Waals surface area contributed by atoms with E-state index < -0.39 is 0 Å². The highest BCUT2D eigenvalue weighted by atomic mass is 15.2. The van der Waals surface area contributed by atoms with Crippen molar-refractivity contribution >= 4 is 22.9 Å². The minimum Gasteiger partial charge on any atom is -0.337 e. The standard InChI is InChI=1S/C7H10N6/c1-13(2)6-4-5(10-3-9-4)11-7(8)12-6/h3H,1-2H3,(H3,8,9,10,11,12)/p+1. The molecule has 0 aliphatic carbocycles. The van der Waals surface area contributed by atoms with Crippen molar-refractivity contribution in [3.63, 3.8) is 0 Å². The Kier molecular flexibility index (Phi) is 1.54. The van der Waals surface area contributed by atoms with Crippen LogP contribution in [0.15, 0.2) is 6.33 Å². The highest BCUT2D eigenvalue weighted by Crippen LogP contribution is 2.15. The van der Waals surface area contributed by atoms with Gasteiger partial charge in [-0.05, 0) is 0 Å². The second-order valence-electron chi connectivity index (χ2n) is 2.97. The fourth-order valence-electron chi connectivity index (χ4n) is 1.21. The number of nitrogens with one attached hydrogen (secondary N) is 2. The van der Waals surface area contributed by atoms with Gasteiger partial charge in [0, 0.05) is 14.1 Å². The molecule has 0 aliphatic heterocycles. The number of hydrogen-bond acceptors (Lipinski definition) is 4. The molecular formula is C7H11N6+. The molecule has 0 bridgehead atoms. The van der Waals surface area contributed by atoms with Gasteiger partial charge in [0.1, 0.15) is 0 Å². The maximum absolute atomic E-state index is 5.57. The Morgan fingerprint density at radius 1 is 1.54 bits per heavy atom. The van der Waals surface area contributed by atoms with Crippen LogP contribution in [0.25, 0.3) is 11.2 Å². The molecule has 0 unspecified atom stereocenters. The maximum Gasteiger partial charge on any atom is 0.344 e. The van der Waals surface area contributed by atoms with Gasteiger partial charge in [0.25, 0.3) is 0 Å². The molecule has 0 fully saturated rings. The van der Waals surface area contributed by atoms with E-state index in [1.54, 1.807) is 6.33 Å². The molecular weight excluding hydrogens is 168 g/mol. The van der Waals surface area contributed by atoms with Gasteiger partial charge in [-0.25, -0.2) is 9.97 Å². The number of hydrogen-bond donors (Lipinski definition) is 2. The molecule has 2 aromatic heterocycles. The first kappa shape index (κ1) is 7.78. The minimum atomic E-state index is 0.364. The number of nitrogen functional groups attached to an aromatic ring is 1. The number of imidazole rings is 1. The molecule has 4 N–H and O–H groups in total. The molecule has 0 spiro atoms. The summed E-state index contributed by atoms with van der Waals surface area (Å²) in [6, 6.07) is 0. The molecule has 0 saturated carbocycles. The zero-order valence-corrected chi connectivity index (χ0v) is 7.50. The Morgan fingerprint density at radius 2 is 2.31 bits per heavy atom. The van der Waals surface area contributed by atoms with Crippen molar-refractivity contribution in [2.45, 2.75) is 0 Å². The Morgan fingerprint density at radius 3 is 3.00 bits per heavy atom. The number of anilines is 2. The lowest BCUT2D eigenvalue weighted by atomic mass is 10.4. The number of aromatic amines is 2. The molecule has 68 valence electrons. The predicted molar refractivity (Wildman–Crippen MR) is 49.2 cm³/mol. The summed E-state index contributed by atoms with van der Waals surface area (Å²) in [6.07, 6.45) is 1.60. The maximum atomic E-state index is 5.57. The fourth-order valence-corrected chi connectivity index (χ4v) is 1.21. The average molecular weight is 179 g/mol. The van der Waals surface area contributed by atoms with E-state index in [0.717, 1.165) is 11.3 Å². The van der Waals surface area contributed by atoms with E-state index in [1.165, 1.54) is 0 Å². The lowest BCUT2D eigenvalue weighted by Gasteiger charge is -2.06. The molecule has 6 heteroatoms. The van der Waals surface area contributed by atoms with E-state index in [0.29, 0.717) is 11.6 Å². The van der Waals surface area contributed by atoms with Crippen LogP contribution in [0.2, 0.25) is 0 Å². The van der Waals surface area contributed by atoms with Crippen LogP contribution >= 0.6 is 0 Å². The summed E-state index contributed by atoms with van der Waals surface area (Å²) < 4.78 is 0. The Hall–Kier alpha value is -1.85. The number of aromatic nitrogens is 4. The highest BCUT2D eigenvalue weighted by Gasteiger charge is 2.13. The highest BCUT2D eigenvalue weighted by molar-refractivity contribution is 5.81. The number of rotatable bonds is 1. The summed E-state index contributed by atoms with van der Waals surface area (Å²) in [4.78, 5) is 15.9. The van der Waals surface area contributed by atoms with Crippen molar-refractivity contribution in [1.82, 2.24) is 15.0 Å². The molecule has 13 heavy (non-hydrogen) atoms. The second kappa shape index (κ2) is 2.58. The van der Waals surface area contributed by atoms with Crippen molar-refractivity contribution < 1.29 is 4.98 Å². The summed E-state index contributed by atoms with van der Waals surface area (Å²) in [5, 5.41) is 0. The molecule has 0 aromatic carbocycles. The third-order valence-electron chi connectivity index (χ3n) is 1.78. The first-order valence-electron chi connectivity index (χ1n) is 3.87. The molecule has 0 radical (unpaired) electrons. The molecule has 2 rings (SSSR count).